The predicted molar refractivity (Wildman–Crippen MR) is 109 cm³/mol. The smallest absolute Gasteiger partial charge is 0.190 e. The minimum absolute atomic E-state index is 0.589. The fraction of sp³-hybridized carbons (Fsp3) is 0.550. The minimum Gasteiger partial charge on any atom is -0.377 e. The van der Waals surface area contributed by atoms with Crippen molar-refractivity contribution in [1.82, 2.24) is 10.6 Å². The van der Waals surface area contributed by atoms with Crippen molar-refractivity contribution in [1.29, 1.82) is 0 Å². The first-order valence-electron chi connectivity index (χ1n) is 9.16. The van der Waals surface area contributed by atoms with Crippen molar-refractivity contribution in [2.45, 2.75) is 32.6 Å². The molecule has 1 aromatic carbocycles. The number of guanidine groups is 1. The molecule has 1 unspecified atom stereocenters. The topological polar surface area (TPSA) is 45.7 Å². The first kappa shape index (κ1) is 20.0. The number of benzene rings is 1. The fourth-order valence-corrected chi connectivity index (χ4v) is 3.40. The number of nitrogens with one attached hydrogen (secondary N) is 2. The Labute approximate surface area is 160 Å². The molecule has 0 saturated carbocycles. The third-order valence-electron chi connectivity index (χ3n) is 4.57. The predicted octanol–water partition coefficient (Wildman–Crippen LogP) is 3.92. The molecule has 0 aliphatic carbocycles. The number of halogens is 1. The van der Waals surface area contributed by atoms with Crippen LogP contribution in [-0.4, -0.2) is 39.3 Å². The number of hydrogen-bond acceptors (Lipinski definition) is 2. The maximum Gasteiger partial charge on any atom is 0.190 e. The molecule has 1 aliphatic heterocycles. The number of hydrogen-bond donors (Lipinski definition) is 2. The molecular formula is C20H30BrN3O. The Kier molecular flexibility index (Phi) is 9.05. The molecule has 5 heteroatoms. The van der Waals surface area contributed by atoms with Crippen LogP contribution in [0.1, 0.15) is 31.7 Å². The van der Waals surface area contributed by atoms with Gasteiger partial charge in [-0.25, -0.2) is 0 Å². The second-order valence-corrected chi connectivity index (χ2v) is 7.34. The standard InChI is InChI=1S/C20H30BrN3O/c1-3-16(13-18-5-4-6-19(21)14-18)15-24-20(22-2)23-10-7-17-8-11-25-12-9-17/h4-6,8,14,16H,3,7,9-13,15H2,1-2H3,(H2,22,23,24). The Morgan fingerprint density at radius 3 is 2.92 bits per heavy atom. The van der Waals surface area contributed by atoms with Gasteiger partial charge in [0.2, 0.25) is 0 Å². The molecule has 0 radical (unpaired) electrons. The highest BCUT2D eigenvalue weighted by Gasteiger charge is 2.09. The van der Waals surface area contributed by atoms with E-state index in [0.29, 0.717) is 5.92 Å². The summed E-state index contributed by atoms with van der Waals surface area (Å²) in [5.41, 5.74) is 2.85. The van der Waals surface area contributed by atoms with Crippen LogP contribution in [-0.2, 0) is 11.2 Å². The summed E-state index contributed by atoms with van der Waals surface area (Å²) in [6.07, 6.45) is 6.53. The van der Waals surface area contributed by atoms with Gasteiger partial charge in [0.05, 0.1) is 13.2 Å². The highest BCUT2D eigenvalue weighted by atomic mass is 79.9. The lowest BCUT2D eigenvalue weighted by Crippen LogP contribution is -2.40. The van der Waals surface area contributed by atoms with Gasteiger partial charge in [0.15, 0.2) is 5.96 Å². The van der Waals surface area contributed by atoms with E-state index in [-0.39, 0.29) is 0 Å². The van der Waals surface area contributed by atoms with Crippen LogP contribution in [0.25, 0.3) is 0 Å². The van der Waals surface area contributed by atoms with E-state index in [1.54, 1.807) is 0 Å². The summed E-state index contributed by atoms with van der Waals surface area (Å²) in [5, 5.41) is 6.89. The van der Waals surface area contributed by atoms with Crippen LogP contribution in [0.2, 0.25) is 0 Å². The van der Waals surface area contributed by atoms with Gasteiger partial charge in [0, 0.05) is 24.6 Å². The number of aliphatic imine (C=N–C) groups is 1. The molecule has 138 valence electrons. The highest BCUT2D eigenvalue weighted by molar-refractivity contribution is 9.10. The van der Waals surface area contributed by atoms with E-state index in [9.17, 15) is 0 Å². The molecule has 2 rings (SSSR count). The summed E-state index contributed by atoms with van der Waals surface area (Å²) in [5.74, 6) is 1.48. The lowest BCUT2D eigenvalue weighted by Gasteiger charge is -2.19. The van der Waals surface area contributed by atoms with Crippen molar-refractivity contribution in [3.63, 3.8) is 0 Å². The van der Waals surface area contributed by atoms with E-state index in [4.69, 9.17) is 4.74 Å². The zero-order valence-corrected chi connectivity index (χ0v) is 16.9. The lowest BCUT2D eigenvalue weighted by atomic mass is 9.97. The van der Waals surface area contributed by atoms with Crippen molar-refractivity contribution < 1.29 is 4.74 Å². The summed E-state index contributed by atoms with van der Waals surface area (Å²) in [4.78, 5) is 4.34. The van der Waals surface area contributed by atoms with Gasteiger partial charge in [0.1, 0.15) is 0 Å². The lowest BCUT2D eigenvalue weighted by molar-refractivity contribution is 0.153. The molecule has 4 nitrogen and oxygen atoms in total. The number of rotatable bonds is 8. The van der Waals surface area contributed by atoms with Crippen molar-refractivity contribution in [2.75, 3.05) is 33.4 Å². The Morgan fingerprint density at radius 2 is 2.24 bits per heavy atom. The van der Waals surface area contributed by atoms with E-state index in [2.05, 4.69) is 68.8 Å². The zero-order chi connectivity index (χ0) is 17.9. The molecule has 25 heavy (non-hydrogen) atoms. The first-order chi connectivity index (χ1) is 12.2. The van der Waals surface area contributed by atoms with Crippen LogP contribution in [0, 0.1) is 5.92 Å². The minimum atomic E-state index is 0.589. The van der Waals surface area contributed by atoms with Crippen LogP contribution in [0.3, 0.4) is 0 Å². The molecule has 2 N–H and O–H groups in total. The maximum atomic E-state index is 5.35. The summed E-state index contributed by atoms with van der Waals surface area (Å²) < 4.78 is 6.49. The Hall–Kier alpha value is -1.33. The third-order valence-corrected chi connectivity index (χ3v) is 5.06. The van der Waals surface area contributed by atoms with Gasteiger partial charge in [-0.15, -0.1) is 0 Å². The molecule has 0 aromatic heterocycles. The van der Waals surface area contributed by atoms with E-state index >= 15 is 0 Å². The van der Waals surface area contributed by atoms with Crippen molar-refractivity contribution in [3.8, 4) is 0 Å². The maximum absolute atomic E-state index is 5.35. The highest BCUT2D eigenvalue weighted by Crippen LogP contribution is 2.16. The molecule has 0 saturated heterocycles. The monoisotopic (exact) mass is 407 g/mol. The van der Waals surface area contributed by atoms with Crippen molar-refractivity contribution >= 4 is 21.9 Å². The van der Waals surface area contributed by atoms with Gasteiger partial charge in [-0.05, 0) is 42.9 Å². The molecule has 0 fully saturated rings. The molecule has 0 spiro atoms. The van der Waals surface area contributed by atoms with Crippen molar-refractivity contribution in [2.24, 2.45) is 10.9 Å². The normalized spacial score (nSPS) is 16.3. The van der Waals surface area contributed by atoms with Gasteiger partial charge in [-0.3, -0.25) is 4.99 Å². The SMILES string of the molecule is CCC(CNC(=NC)NCCC1=CCOCC1)Cc1cccc(Br)c1. The average Bonchev–Trinajstić information content (AvgIpc) is 2.64. The molecule has 1 aromatic rings. The second-order valence-electron chi connectivity index (χ2n) is 6.43. The van der Waals surface area contributed by atoms with Crippen LogP contribution < -0.4 is 10.6 Å². The number of nitrogens with zero attached hydrogens (tertiary/aromatic N) is 1. The van der Waals surface area contributed by atoms with Gasteiger partial charge >= 0.3 is 0 Å². The van der Waals surface area contributed by atoms with E-state index in [1.807, 2.05) is 7.05 Å². The van der Waals surface area contributed by atoms with E-state index in [0.717, 1.165) is 62.4 Å². The zero-order valence-electron chi connectivity index (χ0n) is 15.4. The van der Waals surface area contributed by atoms with Crippen LogP contribution in [0.15, 0.2) is 45.4 Å². The summed E-state index contributed by atoms with van der Waals surface area (Å²) >= 11 is 3.55. The third kappa shape index (κ3) is 7.61. The molecule has 0 amide bonds. The summed E-state index contributed by atoms with van der Waals surface area (Å²) in [6, 6.07) is 8.58. The largest absolute Gasteiger partial charge is 0.377 e. The quantitative estimate of drug-likeness (QED) is 0.389. The molecule has 0 bridgehead atoms. The fourth-order valence-electron chi connectivity index (χ4n) is 2.95. The van der Waals surface area contributed by atoms with Crippen LogP contribution in [0.4, 0.5) is 0 Å². The Bertz CT molecular complexity index is 586. The van der Waals surface area contributed by atoms with Crippen LogP contribution in [0.5, 0.6) is 0 Å². The molecular weight excluding hydrogens is 378 g/mol. The second kappa shape index (κ2) is 11.3. The van der Waals surface area contributed by atoms with E-state index in [1.165, 1.54) is 11.1 Å². The van der Waals surface area contributed by atoms with Crippen molar-refractivity contribution in [3.05, 3.63) is 46.0 Å². The Balaban J connectivity index is 1.73. The molecule has 1 heterocycles. The molecule has 1 aliphatic rings. The van der Waals surface area contributed by atoms with Gasteiger partial charge < -0.3 is 15.4 Å². The van der Waals surface area contributed by atoms with Gasteiger partial charge in [0.25, 0.3) is 0 Å². The average molecular weight is 408 g/mol. The first-order valence-corrected chi connectivity index (χ1v) is 9.95. The van der Waals surface area contributed by atoms with Gasteiger partial charge in [-0.2, -0.15) is 0 Å². The van der Waals surface area contributed by atoms with E-state index < -0.39 is 0 Å². The van der Waals surface area contributed by atoms with Gasteiger partial charge in [-0.1, -0.05) is 53.1 Å². The van der Waals surface area contributed by atoms with Crippen LogP contribution >= 0.6 is 15.9 Å². The summed E-state index contributed by atoms with van der Waals surface area (Å²) in [7, 11) is 1.83. The summed E-state index contributed by atoms with van der Waals surface area (Å²) in [6.45, 7) is 5.70. The number of ether oxygens (including phenoxy) is 1. The molecule has 1 atom stereocenters. The Morgan fingerprint density at radius 1 is 1.36 bits per heavy atom.